The van der Waals surface area contributed by atoms with Crippen molar-refractivity contribution in [2.75, 3.05) is 20.2 Å². The van der Waals surface area contributed by atoms with Gasteiger partial charge in [-0.25, -0.2) is 0 Å². The normalized spacial score (nSPS) is 11.2. The third-order valence-electron chi connectivity index (χ3n) is 2.60. The lowest BCUT2D eigenvalue weighted by Crippen LogP contribution is -2.38. The summed E-state index contributed by atoms with van der Waals surface area (Å²) in [5, 5.41) is 18.1. The summed E-state index contributed by atoms with van der Waals surface area (Å²) in [5.74, 6) is 0.432. The first-order valence-corrected chi connectivity index (χ1v) is 6.57. The maximum atomic E-state index is 11.9. The zero-order chi connectivity index (χ0) is 15.9. The smallest absolute Gasteiger partial charge is 0.246 e. The van der Waals surface area contributed by atoms with Crippen LogP contribution in [-0.4, -0.2) is 41.7 Å². The van der Waals surface area contributed by atoms with Gasteiger partial charge in [0.2, 0.25) is 5.91 Å². The third-order valence-corrected chi connectivity index (χ3v) is 2.60. The maximum absolute atomic E-state index is 11.9. The van der Waals surface area contributed by atoms with Gasteiger partial charge in [-0.1, -0.05) is 12.1 Å². The molecule has 0 unspecified atom stereocenters. The molecule has 5 nitrogen and oxygen atoms in total. The molecule has 112 valence electrons. The average Bonchev–Trinajstić information content (AvgIpc) is 2.41. The van der Waals surface area contributed by atoms with Gasteiger partial charge in [0.15, 0.2) is 6.61 Å². The van der Waals surface area contributed by atoms with Gasteiger partial charge in [-0.05, 0) is 37.6 Å². The van der Waals surface area contributed by atoms with Crippen molar-refractivity contribution in [3.8, 4) is 11.8 Å². The summed E-state index contributed by atoms with van der Waals surface area (Å²) in [5.41, 5.74) is -0.0675. The van der Waals surface area contributed by atoms with E-state index in [1.165, 1.54) is 11.0 Å². The number of hydrogen-bond acceptors (Lipinski definition) is 4. The highest BCUT2D eigenvalue weighted by Crippen LogP contribution is 2.13. The quantitative estimate of drug-likeness (QED) is 0.810. The molecule has 5 heteroatoms. The SMILES string of the molecule is CN(CC(C)(C)O)C(=O)/C=C/c1ccc(OCC#N)cc1. The van der Waals surface area contributed by atoms with Crippen molar-refractivity contribution in [3.05, 3.63) is 35.9 Å². The van der Waals surface area contributed by atoms with Crippen LogP contribution in [0.4, 0.5) is 0 Å². The molecule has 0 heterocycles. The van der Waals surface area contributed by atoms with E-state index < -0.39 is 5.60 Å². The van der Waals surface area contributed by atoms with Crippen molar-refractivity contribution in [2.45, 2.75) is 19.4 Å². The number of carbonyl (C=O) groups excluding carboxylic acids is 1. The fourth-order valence-corrected chi connectivity index (χ4v) is 1.74. The minimum absolute atomic E-state index is 0.00934. The molecular weight excluding hydrogens is 268 g/mol. The highest BCUT2D eigenvalue weighted by Gasteiger charge is 2.17. The first-order valence-electron chi connectivity index (χ1n) is 6.57. The van der Waals surface area contributed by atoms with Gasteiger partial charge in [-0.15, -0.1) is 0 Å². The number of aliphatic hydroxyl groups is 1. The van der Waals surface area contributed by atoms with Crippen molar-refractivity contribution in [1.29, 1.82) is 5.26 Å². The summed E-state index contributed by atoms with van der Waals surface area (Å²) in [7, 11) is 1.64. The molecule has 21 heavy (non-hydrogen) atoms. The van der Waals surface area contributed by atoms with Gasteiger partial charge >= 0.3 is 0 Å². The van der Waals surface area contributed by atoms with Crippen LogP contribution in [0, 0.1) is 11.3 Å². The van der Waals surface area contributed by atoms with Crippen LogP contribution < -0.4 is 4.74 Å². The van der Waals surface area contributed by atoms with Crippen LogP contribution in [0.1, 0.15) is 19.4 Å². The lowest BCUT2D eigenvalue weighted by atomic mass is 10.1. The zero-order valence-corrected chi connectivity index (χ0v) is 12.5. The predicted molar refractivity (Wildman–Crippen MR) is 80.5 cm³/mol. The van der Waals surface area contributed by atoms with E-state index in [2.05, 4.69) is 0 Å². The largest absolute Gasteiger partial charge is 0.479 e. The van der Waals surface area contributed by atoms with Crippen molar-refractivity contribution in [3.63, 3.8) is 0 Å². The molecule has 0 aliphatic heterocycles. The molecule has 1 amide bonds. The second-order valence-corrected chi connectivity index (χ2v) is 5.36. The van der Waals surface area contributed by atoms with E-state index in [0.717, 1.165) is 5.56 Å². The highest BCUT2D eigenvalue weighted by atomic mass is 16.5. The summed E-state index contributed by atoms with van der Waals surface area (Å²) < 4.78 is 5.14. The van der Waals surface area contributed by atoms with Crippen LogP contribution in [-0.2, 0) is 4.79 Å². The van der Waals surface area contributed by atoms with E-state index in [0.29, 0.717) is 5.75 Å². The molecule has 0 fully saturated rings. The minimum Gasteiger partial charge on any atom is -0.479 e. The Bertz CT molecular complexity index is 536. The van der Waals surface area contributed by atoms with Gasteiger partial charge < -0.3 is 14.7 Å². The second-order valence-electron chi connectivity index (χ2n) is 5.36. The molecule has 0 atom stereocenters. The summed E-state index contributed by atoms with van der Waals surface area (Å²) in [6, 6.07) is 8.97. The Balaban J connectivity index is 2.60. The van der Waals surface area contributed by atoms with E-state index in [-0.39, 0.29) is 19.1 Å². The summed E-state index contributed by atoms with van der Waals surface area (Å²) in [4.78, 5) is 13.3. The number of benzene rings is 1. The highest BCUT2D eigenvalue weighted by molar-refractivity contribution is 5.91. The second kappa shape index (κ2) is 7.46. The van der Waals surface area contributed by atoms with Gasteiger partial charge in [-0.3, -0.25) is 4.79 Å². The maximum Gasteiger partial charge on any atom is 0.246 e. The molecule has 0 bridgehead atoms. The minimum atomic E-state index is -0.919. The molecule has 0 saturated heterocycles. The van der Waals surface area contributed by atoms with Gasteiger partial charge in [0.05, 0.1) is 5.60 Å². The van der Waals surface area contributed by atoms with Gasteiger partial charge in [0, 0.05) is 19.7 Å². The van der Waals surface area contributed by atoms with Crippen LogP contribution in [0.15, 0.2) is 30.3 Å². The standard InChI is InChI=1S/C16H20N2O3/c1-16(2,20)12-18(3)15(19)9-6-13-4-7-14(8-5-13)21-11-10-17/h4-9,20H,11-12H2,1-3H3/b9-6+. The number of nitriles is 1. The zero-order valence-electron chi connectivity index (χ0n) is 12.5. The number of nitrogens with zero attached hydrogens (tertiary/aromatic N) is 2. The van der Waals surface area contributed by atoms with E-state index in [9.17, 15) is 9.90 Å². The molecule has 0 aromatic heterocycles. The molecule has 0 aliphatic carbocycles. The van der Waals surface area contributed by atoms with E-state index in [4.69, 9.17) is 10.00 Å². The number of likely N-dealkylation sites (N-methyl/N-ethyl adjacent to an activating group) is 1. The molecular formula is C16H20N2O3. The van der Waals surface area contributed by atoms with Crippen molar-refractivity contribution >= 4 is 12.0 Å². The molecule has 0 spiro atoms. The predicted octanol–water partition coefficient (Wildman–Crippen LogP) is 1.83. The lowest BCUT2D eigenvalue weighted by molar-refractivity contribution is -0.127. The van der Waals surface area contributed by atoms with Crippen molar-refractivity contribution in [2.24, 2.45) is 0 Å². The number of rotatable bonds is 6. The number of amides is 1. The Morgan fingerprint density at radius 1 is 1.43 bits per heavy atom. The molecule has 0 aliphatic rings. The number of hydrogen-bond donors (Lipinski definition) is 1. The third kappa shape index (κ3) is 6.59. The Morgan fingerprint density at radius 3 is 2.57 bits per heavy atom. The molecule has 1 aromatic carbocycles. The summed E-state index contributed by atoms with van der Waals surface area (Å²) in [6.07, 6.45) is 3.15. The molecule has 1 aromatic rings. The number of ether oxygens (including phenoxy) is 1. The van der Waals surface area contributed by atoms with Crippen LogP contribution in [0.2, 0.25) is 0 Å². The Morgan fingerprint density at radius 2 is 2.05 bits per heavy atom. The first-order chi connectivity index (χ1) is 9.81. The van der Waals surface area contributed by atoms with Crippen LogP contribution in [0.5, 0.6) is 5.75 Å². The van der Waals surface area contributed by atoms with Gasteiger partial charge in [0.25, 0.3) is 0 Å². The monoisotopic (exact) mass is 288 g/mol. The molecule has 1 N–H and O–H groups in total. The van der Waals surface area contributed by atoms with E-state index in [1.54, 1.807) is 51.2 Å². The van der Waals surface area contributed by atoms with Gasteiger partial charge in [0.1, 0.15) is 11.8 Å². The fourth-order valence-electron chi connectivity index (χ4n) is 1.74. The Kier molecular flexibility index (Phi) is 5.94. The molecule has 1 rings (SSSR count). The van der Waals surface area contributed by atoms with E-state index >= 15 is 0 Å². The van der Waals surface area contributed by atoms with Crippen LogP contribution >= 0.6 is 0 Å². The summed E-state index contributed by atoms with van der Waals surface area (Å²) in [6.45, 7) is 3.58. The van der Waals surface area contributed by atoms with Crippen molar-refractivity contribution < 1.29 is 14.6 Å². The molecule has 0 saturated carbocycles. The topological polar surface area (TPSA) is 73.6 Å². The number of carbonyl (C=O) groups is 1. The fraction of sp³-hybridized carbons (Fsp3) is 0.375. The first kappa shape index (κ1) is 16.7. The Hall–Kier alpha value is -2.32. The van der Waals surface area contributed by atoms with Crippen LogP contribution in [0.25, 0.3) is 6.08 Å². The van der Waals surface area contributed by atoms with Crippen molar-refractivity contribution in [1.82, 2.24) is 4.90 Å². The summed E-state index contributed by atoms with van der Waals surface area (Å²) >= 11 is 0. The Labute approximate surface area is 125 Å². The van der Waals surface area contributed by atoms with Gasteiger partial charge in [-0.2, -0.15) is 5.26 Å². The van der Waals surface area contributed by atoms with Crippen LogP contribution in [0.3, 0.4) is 0 Å². The average molecular weight is 288 g/mol. The van der Waals surface area contributed by atoms with E-state index in [1.807, 2.05) is 6.07 Å². The lowest BCUT2D eigenvalue weighted by Gasteiger charge is -2.24. The molecule has 0 radical (unpaired) electrons.